The van der Waals surface area contributed by atoms with Gasteiger partial charge in [0, 0.05) is 17.5 Å². The Bertz CT molecular complexity index is 1110. The zero-order valence-corrected chi connectivity index (χ0v) is 20.8. The van der Waals surface area contributed by atoms with Crippen molar-refractivity contribution >= 4 is 23.7 Å². The maximum atomic E-state index is 12.5. The molecule has 9 heteroatoms. The van der Waals surface area contributed by atoms with E-state index in [9.17, 15) is 14.4 Å². The van der Waals surface area contributed by atoms with Gasteiger partial charge in [0.05, 0.1) is 13.7 Å². The van der Waals surface area contributed by atoms with Gasteiger partial charge in [0.15, 0.2) is 5.96 Å². The van der Waals surface area contributed by atoms with Crippen LogP contribution in [0, 0.1) is 17.8 Å². The van der Waals surface area contributed by atoms with Gasteiger partial charge in [0.2, 0.25) is 11.8 Å². The lowest BCUT2D eigenvalue weighted by Crippen LogP contribution is -2.48. The minimum Gasteiger partial charge on any atom is -0.467 e. The number of carbonyl (C=O) groups is 3. The number of ether oxygens (including phenoxy) is 1. The lowest BCUT2D eigenvalue weighted by atomic mass is 10.0. The quantitative estimate of drug-likeness (QED) is 0.169. The van der Waals surface area contributed by atoms with Gasteiger partial charge in [-0.3, -0.25) is 9.59 Å². The van der Waals surface area contributed by atoms with Crippen LogP contribution in [0.5, 0.6) is 0 Å². The van der Waals surface area contributed by atoms with Crippen molar-refractivity contribution in [2.24, 2.45) is 22.4 Å². The van der Waals surface area contributed by atoms with Crippen LogP contribution in [-0.2, 0) is 25.5 Å². The minimum absolute atomic E-state index is 0.164. The van der Waals surface area contributed by atoms with E-state index in [1.54, 1.807) is 0 Å². The summed E-state index contributed by atoms with van der Waals surface area (Å²) < 4.78 is 4.84. The Morgan fingerprint density at radius 1 is 0.972 bits per heavy atom. The third kappa shape index (κ3) is 9.89. The fourth-order valence-corrected chi connectivity index (χ4v) is 3.34. The molecule has 9 nitrogen and oxygen atoms in total. The number of aliphatic imine (C=N–C) groups is 1. The van der Waals surface area contributed by atoms with E-state index in [0.717, 1.165) is 16.7 Å². The number of guanidine groups is 1. The van der Waals surface area contributed by atoms with E-state index in [2.05, 4.69) is 27.5 Å². The van der Waals surface area contributed by atoms with Crippen molar-refractivity contribution in [3.8, 4) is 11.8 Å². The van der Waals surface area contributed by atoms with Crippen molar-refractivity contribution in [1.82, 2.24) is 10.6 Å². The maximum absolute atomic E-state index is 12.5. The van der Waals surface area contributed by atoms with Gasteiger partial charge in [-0.05, 0) is 42.2 Å². The topological polar surface area (TPSA) is 149 Å². The number of nitrogens with zero attached hydrogens (tertiary/aromatic N) is 1. The first-order valence-electron chi connectivity index (χ1n) is 11.6. The Morgan fingerprint density at radius 3 is 2.14 bits per heavy atom. The van der Waals surface area contributed by atoms with Gasteiger partial charge in [-0.25, -0.2) is 9.79 Å². The molecule has 0 unspecified atom stereocenters. The third-order valence-corrected chi connectivity index (χ3v) is 5.07. The van der Waals surface area contributed by atoms with Crippen LogP contribution in [0.3, 0.4) is 0 Å². The molecule has 0 aliphatic carbocycles. The molecule has 0 aliphatic heterocycles. The molecule has 0 fully saturated rings. The number of esters is 1. The van der Waals surface area contributed by atoms with Crippen LogP contribution in [0.4, 0.5) is 0 Å². The molecule has 36 heavy (non-hydrogen) atoms. The predicted octanol–water partition coefficient (Wildman–Crippen LogP) is 1.09. The molecule has 0 heterocycles. The molecule has 0 saturated carbocycles. The smallest absolute Gasteiger partial charge is 0.328 e. The molecule has 0 spiro atoms. The van der Waals surface area contributed by atoms with Crippen molar-refractivity contribution in [2.75, 3.05) is 13.7 Å². The molecule has 2 atom stereocenters. The van der Waals surface area contributed by atoms with E-state index in [0.29, 0.717) is 6.42 Å². The molecule has 2 rings (SSSR count). The molecular weight excluding hydrogens is 458 g/mol. The van der Waals surface area contributed by atoms with Crippen LogP contribution < -0.4 is 22.1 Å². The first-order valence-corrected chi connectivity index (χ1v) is 11.6. The molecule has 2 aromatic carbocycles. The van der Waals surface area contributed by atoms with E-state index in [1.165, 1.54) is 7.11 Å². The third-order valence-electron chi connectivity index (χ3n) is 5.07. The number of hydrogen-bond acceptors (Lipinski definition) is 5. The Kier molecular flexibility index (Phi) is 11.0. The van der Waals surface area contributed by atoms with Crippen LogP contribution in [0.25, 0.3) is 0 Å². The average molecular weight is 492 g/mol. The van der Waals surface area contributed by atoms with Crippen molar-refractivity contribution in [1.29, 1.82) is 0 Å². The van der Waals surface area contributed by atoms with E-state index in [-0.39, 0.29) is 24.8 Å². The van der Waals surface area contributed by atoms with Gasteiger partial charge in [-0.1, -0.05) is 56.0 Å². The number of hydrogen-bond donors (Lipinski definition) is 4. The van der Waals surface area contributed by atoms with Crippen molar-refractivity contribution in [3.05, 3.63) is 71.3 Å². The van der Waals surface area contributed by atoms with E-state index < -0.39 is 29.9 Å². The lowest BCUT2D eigenvalue weighted by Gasteiger charge is -2.18. The van der Waals surface area contributed by atoms with E-state index in [1.807, 2.05) is 68.4 Å². The number of methoxy groups -OCH3 is 1. The molecule has 0 bridgehead atoms. The maximum Gasteiger partial charge on any atom is 0.328 e. The summed E-state index contributed by atoms with van der Waals surface area (Å²) in [6, 6.07) is 15.3. The fourth-order valence-electron chi connectivity index (χ4n) is 3.34. The highest BCUT2D eigenvalue weighted by atomic mass is 16.5. The Hall–Kier alpha value is -4.32. The van der Waals surface area contributed by atoms with E-state index >= 15 is 0 Å². The van der Waals surface area contributed by atoms with E-state index in [4.69, 9.17) is 16.2 Å². The molecular formula is C27H33N5O4. The van der Waals surface area contributed by atoms with Gasteiger partial charge in [-0.15, -0.1) is 0 Å². The Morgan fingerprint density at radius 2 is 1.58 bits per heavy atom. The van der Waals surface area contributed by atoms with Crippen LogP contribution in [-0.4, -0.2) is 49.5 Å². The standard InChI is InChI=1S/C27H33N5O4/c1-18(2)15-22(32-27(28)29)25(34)30-17-24(33)31-23(26(35)36-3)16-21-13-11-20(12-14-21)10-9-19-7-5-4-6-8-19/h4-8,11-14,18,22-23H,15-17H2,1-3H3,(H,30,34)(H,31,33)(H4,28,29,32)/t22-,23+/m1/s1. The summed E-state index contributed by atoms with van der Waals surface area (Å²) in [7, 11) is 1.25. The lowest BCUT2D eigenvalue weighted by molar-refractivity contribution is -0.145. The molecule has 2 aromatic rings. The minimum atomic E-state index is -0.926. The highest BCUT2D eigenvalue weighted by Gasteiger charge is 2.24. The summed E-state index contributed by atoms with van der Waals surface area (Å²) in [6.07, 6.45) is 0.630. The second-order valence-electron chi connectivity index (χ2n) is 8.58. The summed E-state index contributed by atoms with van der Waals surface area (Å²) in [4.78, 5) is 41.1. The molecule has 0 radical (unpaired) electrons. The number of nitrogens with two attached hydrogens (primary N) is 2. The highest BCUT2D eigenvalue weighted by Crippen LogP contribution is 2.09. The largest absolute Gasteiger partial charge is 0.467 e. The molecule has 0 aromatic heterocycles. The van der Waals surface area contributed by atoms with Crippen LogP contribution in [0.1, 0.15) is 37.0 Å². The second kappa shape index (κ2) is 14.2. The molecule has 190 valence electrons. The number of benzene rings is 2. The van der Waals surface area contributed by atoms with Crippen LogP contribution in [0.2, 0.25) is 0 Å². The van der Waals surface area contributed by atoms with Crippen molar-refractivity contribution < 1.29 is 19.1 Å². The zero-order chi connectivity index (χ0) is 26.5. The first kappa shape index (κ1) is 27.9. The van der Waals surface area contributed by atoms with Gasteiger partial charge in [-0.2, -0.15) is 0 Å². The second-order valence-corrected chi connectivity index (χ2v) is 8.58. The summed E-state index contributed by atoms with van der Waals surface area (Å²) >= 11 is 0. The van der Waals surface area contributed by atoms with Gasteiger partial charge in [0.25, 0.3) is 0 Å². The molecule has 6 N–H and O–H groups in total. The molecule has 0 aliphatic rings. The fraction of sp³-hybridized carbons (Fsp3) is 0.333. The van der Waals surface area contributed by atoms with Gasteiger partial charge < -0.3 is 26.8 Å². The van der Waals surface area contributed by atoms with Gasteiger partial charge in [0.1, 0.15) is 12.1 Å². The zero-order valence-electron chi connectivity index (χ0n) is 20.8. The first-order chi connectivity index (χ1) is 17.2. The van der Waals surface area contributed by atoms with Crippen LogP contribution >= 0.6 is 0 Å². The summed E-state index contributed by atoms with van der Waals surface area (Å²) in [6.45, 7) is 3.52. The van der Waals surface area contributed by atoms with Crippen molar-refractivity contribution in [3.63, 3.8) is 0 Å². The molecule has 2 amide bonds. The number of carbonyl (C=O) groups excluding carboxylic acids is 3. The Balaban J connectivity index is 1.98. The van der Waals surface area contributed by atoms with Crippen LogP contribution in [0.15, 0.2) is 59.6 Å². The summed E-state index contributed by atoms with van der Waals surface area (Å²) in [5, 5.41) is 5.13. The SMILES string of the molecule is COC(=O)[C@H](Cc1ccc(C#Cc2ccccc2)cc1)NC(=O)CNC(=O)[C@@H](CC(C)C)N=C(N)N. The Labute approximate surface area is 211 Å². The normalized spacial score (nSPS) is 11.9. The molecule has 0 saturated heterocycles. The van der Waals surface area contributed by atoms with Gasteiger partial charge >= 0.3 is 5.97 Å². The highest BCUT2D eigenvalue weighted by molar-refractivity contribution is 5.91. The monoisotopic (exact) mass is 491 g/mol. The van der Waals surface area contributed by atoms with Crippen molar-refractivity contribution in [2.45, 2.75) is 38.8 Å². The summed E-state index contributed by atoms with van der Waals surface area (Å²) in [5.41, 5.74) is 13.4. The number of amides is 2. The predicted molar refractivity (Wildman–Crippen MR) is 139 cm³/mol. The number of nitrogens with one attached hydrogen (secondary N) is 2. The number of rotatable bonds is 10. The average Bonchev–Trinajstić information content (AvgIpc) is 2.85. The summed E-state index contributed by atoms with van der Waals surface area (Å²) in [5.74, 6) is 4.52.